The van der Waals surface area contributed by atoms with Crippen LogP contribution in [-0.4, -0.2) is 52.1 Å². The molecule has 0 unspecified atom stereocenters. The van der Waals surface area contributed by atoms with Crippen LogP contribution in [0.25, 0.3) is 0 Å². The van der Waals surface area contributed by atoms with Gasteiger partial charge >= 0.3 is 0 Å². The van der Waals surface area contributed by atoms with Crippen LogP contribution in [0.3, 0.4) is 0 Å². The van der Waals surface area contributed by atoms with Gasteiger partial charge in [0.1, 0.15) is 29.5 Å². The maximum atomic E-state index is 13.2. The molecule has 1 aromatic heterocycles. The Labute approximate surface area is 210 Å². The molecule has 0 spiro atoms. The molecule has 0 fully saturated rings. The molecule has 2 aromatic carbocycles. The Kier molecular flexibility index (Phi) is 6.48. The van der Waals surface area contributed by atoms with Crippen LogP contribution in [0, 0.1) is 0 Å². The summed E-state index contributed by atoms with van der Waals surface area (Å²) in [6.07, 6.45) is 0.763. The van der Waals surface area contributed by atoms with Gasteiger partial charge in [0, 0.05) is 26.6 Å². The number of ether oxygens (including phenoxy) is 2. The number of sulfonamides is 1. The minimum atomic E-state index is -3.95. The predicted octanol–water partition coefficient (Wildman–Crippen LogP) is 3.93. The molecular weight excluding hydrogens is 488 g/mol. The van der Waals surface area contributed by atoms with Crippen LogP contribution in [0.15, 0.2) is 53.4 Å². The van der Waals surface area contributed by atoms with Gasteiger partial charge < -0.3 is 19.3 Å². The lowest BCUT2D eigenvalue weighted by Gasteiger charge is -2.28. The fourth-order valence-electron chi connectivity index (χ4n) is 4.28. The van der Waals surface area contributed by atoms with Gasteiger partial charge in [0.2, 0.25) is 5.88 Å². The second-order valence-electron chi connectivity index (χ2n) is 8.83. The first-order chi connectivity index (χ1) is 16.8. The quantitative estimate of drug-likeness (QED) is 0.533. The van der Waals surface area contributed by atoms with Gasteiger partial charge in [-0.3, -0.25) is 4.72 Å². The summed E-state index contributed by atoms with van der Waals surface area (Å²) < 4.78 is 40.9. The van der Waals surface area contributed by atoms with Gasteiger partial charge in [0.25, 0.3) is 10.0 Å². The molecule has 0 aliphatic carbocycles. The molecule has 1 N–H and O–H groups in total. The summed E-state index contributed by atoms with van der Waals surface area (Å²) in [6, 6.07) is 14.1. The standard InChI is InChI=1S/C25H27ClN4O4S/c1-29-10-9-20-18(15-29)14-21(28-35(31,32)24-6-4-3-5-19(24)26)25(27-20)34-16-17-7-8-22-23(13-17)33-12-11-30(22)2/h3-8,13-14,28H,9-12,15-16H2,1-2H3. The summed E-state index contributed by atoms with van der Waals surface area (Å²) in [5.74, 6) is 1.04. The fourth-order valence-corrected chi connectivity index (χ4v) is 5.85. The molecule has 0 atom stereocenters. The van der Waals surface area contributed by atoms with Crippen molar-refractivity contribution in [3.8, 4) is 11.6 Å². The highest BCUT2D eigenvalue weighted by Crippen LogP contribution is 2.34. The fraction of sp³-hybridized carbons (Fsp3) is 0.320. The number of rotatable bonds is 6. The Hall–Kier alpha value is -3.01. The van der Waals surface area contributed by atoms with Crippen LogP contribution in [0.2, 0.25) is 5.02 Å². The van der Waals surface area contributed by atoms with Gasteiger partial charge in [-0.15, -0.1) is 0 Å². The number of anilines is 2. The van der Waals surface area contributed by atoms with E-state index < -0.39 is 10.0 Å². The molecule has 0 amide bonds. The van der Waals surface area contributed by atoms with Gasteiger partial charge in [0.15, 0.2) is 0 Å². The topological polar surface area (TPSA) is 84.0 Å². The number of fused-ring (bicyclic) bond motifs is 2. The number of pyridine rings is 1. The third kappa shape index (κ3) is 5.03. The zero-order valence-corrected chi connectivity index (χ0v) is 21.2. The zero-order valence-electron chi connectivity index (χ0n) is 19.6. The van der Waals surface area contributed by atoms with Crippen molar-refractivity contribution in [2.45, 2.75) is 24.5 Å². The minimum Gasteiger partial charge on any atom is -0.490 e. The number of nitrogens with one attached hydrogen (secondary N) is 1. The highest BCUT2D eigenvalue weighted by molar-refractivity contribution is 7.92. The van der Waals surface area contributed by atoms with E-state index in [0.717, 1.165) is 47.8 Å². The molecule has 2 aliphatic heterocycles. The van der Waals surface area contributed by atoms with E-state index in [1.807, 2.05) is 38.4 Å². The van der Waals surface area contributed by atoms with Crippen molar-refractivity contribution in [3.63, 3.8) is 0 Å². The predicted molar refractivity (Wildman–Crippen MR) is 136 cm³/mol. The van der Waals surface area contributed by atoms with Crippen molar-refractivity contribution in [2.75, 3.05) is 43.4 Å². The number of hydrogen-bond acceptors (Lipinski definition) is 7. The molecule has 5 rings (SSSR count). The molecular formula is C25H27ClN4O4S. The largest absolute Gasteiger partial charge is 0.490 e. The number of halogens is 1. The second kappa shape index (κ2) is 9.56. The molecule has 3 aromatic rings. The summed E-state index contributed by atoms with van der Waals surface area (Å²) in [5.41, 5.74) is 4.10. The first kappa shape index (κ1) is 23.7. The molecule has 0 saturated carbocycles. The summed E-state index contributed by atoms with van der Waals surface area (Å²) in [7, 11) is 0.107. The minimum absolute atomic E-state index is 0.00147. The van der Waals surface area contributed by atoms with Crippen molar-refractivity contribution in [3.05, 3.63) is 70.4 Å². The van der Waals surface area contributed by atoms with Crippen molar-refractivity contribution in [2.24, 2.45) is 0 Å². The van der Waals surface area contributed by atoms with E-state index >= 15 is 0 Å². The highest BCUT2D eigenvalue weighted by atomic mass is 35.5. The van der Waals surface area contributed by atoms with Crippen LogP contribution >= 0.6 is 11.6 Å². The molecule has 3 heterocycles. The van der Waals surface area contributed by atoms with Gasteiger partial charge in [-0.25, -0.2) is 13.4 Å². The molecule has 184 valence electrons. The van der Waals surface area contributed by atoms with Gasteiger partial charge in [0.05, 0.1) is 22.9 Å². The van der Waals surface area contributed by atoms with Crippen LogP contribution in [-0.2, 0) is 29.6 Å². The molecule has 0 saturated heterocycles. The molecule has 35 heavy (non-hydrogen) atoms. The zero-order chi connectivity index (χ0) is 24.6. The number of aromatic nitrogens is 1. The van der Waals surface area contributed by atoms with Crippen molar-refractivity contribution in [1.29, 1.82) is 0 Å². The lowest BCUT2D eigenvalue weighted by Crippen LogP contribution is -2.28. The molecule has 0 radical (unpaired) electrons. The summed E-state index contributed by atoms with van der Waals surface area (Å²) >= 11 is 6.17. The Morgan fingerprint density at radius 3 is 2.80 bits per heavy atom. The van der Waals surface area contributed by atoms with E-state index in [4.69, 9.17) is 26.1 Å². The first-order valence-electron chi connectivity index (χ1n) is 11.4. The van der Waals surface area contributed by atoms with Crippen LogP contribution in [0.4, 0.5) is 11.4 Å². The molecule has 8 nitrogen and oxygen atoms in total. The monoisotopic (exact) mass is 514 g/mol. The first-order valence-corrected chi connectivity index (χ1v) is 13.2. The van der Waals surface area contributed by atoms with Crippen molar-refractivity contribution >= 4 is 33.0 Å². The van der Waals surface area contributed by atoms with Crippen LogP contribution < -0.4 is 19.1 Å². The van der Waals surface area contributed by atoms with E-state index in [0.29, 0.717) is 13.2 Å². The third-order valence-electron chi connectivity index (χ3n) is 6.19. The van der Waals surface area contributed by atoms with E-state index in [1.165, 1.54) is 6.07 Å². The molecule has 10 heteroatoms. The average molecular weight is 515 g/mol. The van der Waals surface area contributed by atoms with Gasteiger partial charge in [-0.2, -0.15) is 0 Å². The van der Waals surface area contributed by atoms with Gasteiger partial charge in [-0.05, 0) is 48.5 Å². The van der Waals surface area contributed by atoms with Crippen molar-refractivity contribution < 1.29 is 17.9 Å². The number of hydrogen-bond donors (Lipinski definition) is 1. The Morgan fingerprint density at radius 2 is 1.97 bits per heavy atom. The second-order valence-corrected chi connectivity index (χ2v) is 10.9. The number of likely N-dealkylation sites (N-methyl/N-ethyl adjacent to an activating group) is 2. The number of nitrogens with zero attached hydrogens (tertiary/aromatic N) is 3. The van der Waals surface area contributed by atoms with E-state index in [1.54, 1.807) is 18.2 Å². The maximum Gasteiger partial charge on any atom is 0.263 e. The molecule has 0 bridgehead atoms. The normalized spacial score (nSPS) is 15.7. The highest BCUT2D eigenvalue weighted by Gasteiger charge is 2.24. The third-order valence-corrected chi connectivity index (χ3v) is 8.06. The molecule has 2 aliphatic rings. The summed E-state index contributed by atoms with van der Waals surface area (Å²) in [5, 5.41) is 0.146. The van der Waals surface area contributed by atoms with Gasteiger partial charge in [-0.1, -0.05) is 29.8 Å². The van der Waals surface area contributed by atoms with Crippen LogP contribution in [0.1, 0.15) is 16.8 Å². The number of benzene rings is 2. The van der Waals surface area contributed by atoms with E-state index in [9.17, 15) is 8.42 Å². The smallest absolute Gasteiger partial charge is 0.263 e. The lowest BCUT2D eigenvalue weighted by atomic mass is 10.1. The Morgan fingerprint density at radius 1 is 1.14 bits per heavy atom. The van der Waals surface area contributed by atoms with E-state index in [2.05, 4.69) is 14.5 Å². The van der Waals surface area contributed by atoms with Crippen LogP contribution in [0.5, 0.6) is 11.6 Å². The summed E-state index contributed by atoms with van der Waals surface area (Å²) in [4.78, 5) is 9.03. The van der Waals surface area contributed by atoms with E-state index in [-0.39, 0.29) is 28.1 Å². The Balaban J connectivity index is 1.45. The SMILES string of the molecule is CN1CCc2nc(OCc3ccc4c(c3)OCCN4C)c(NS(=O)(=O)c3ccccc3Cl)cc2C1. The average Bonchev–Trinajstić information content (AvgIpc) is 2.83. The lowest BCUT2D eigenvalue weighted by molar-refractivity contribution is 0.283. The maximum absolute atomic E-state index is 13.2. The van der Waals surface area contributed by atoms with Crippen molar-refractivity contribution in [1.82, 2.24) is 9.88 Å². The Bertz CT molecular complexity index is 1370. The summed E-state index contributed by atoms with van der Waals surface area (Å²) in [6.45, 7) is 3.24.